The monoisotopic (exact) mass is 611 g/mol. The number of hydrogen-bond acceptors (Lipinski definition) is 5. The molecule has 0 spiro atoms. The van der Waals surface area contributed by atoms with E-state index in [1.54, 1.807) is 9.80 Å². The molecule has 1 aliphatic heterocycles. The maximum atomic E-state index is 15.0. The molecule has 6 aromatic rings. The molecule has 7 rings (SSSR count). The summed E-state index contributed by atoms with van der Waals surface area (Å²) in [5.41, 5.74) is 10.7. The van der Waals surface area contributed by atoms with Crippen molar-refractivity contribution in [2.75, 3.05) is 5.73 Å². The van der Waals surface area contributed by atoms with Crippen LogP contribution in [0.2, 0.25) is 0 Å². The van der Waals surface area contributed by atoms with Crippen LogP contribution in [0, 0.1) is 0 Å². The number of aromatic nitrogens is 2. The minimum Gasteiger partial charge on any atom is -0.388 e. The van der Waals surface area contributed by atoms with Gasteiger partial charge in [0.05, 0.1) is 17.6 Å². The number of hydrogen-bond donors (Lipinski definition) is 4. The average Bonchev–Trinajstić information content (AvgIpc) is 3.45. The minimum atomic E-state index is -1.21. The van der Waals surface area contributed by atoms with Gasteiger partial charge in [-0.25, -0.2) is 4.79 Å². The number of fused-ring (bicyclic) bond motifs is 2. The van der Waals surface area contributed by atoms with Crippen LogP contribution in [0.1, 0.15) is 22.3 Å². The van der Waals surface area contributed by atoms with Crippen LogP contribution in [0.5, 0.6) is 0 Å². The summed E-state index contributed by atoms with van der Waals surface area (Å²) in [7, 11) is 0. The van der Waals surface area contributed by atoms with Crippen molar-refractivity contribution in [1.82, 2.24) is 20.0 Å². The number of carbonyl (C=O) groups is 1. The molecule has 5 N–H and O–H groups in total. The molecule has 5 aromatic carbocycles. The Bertz CT molecular complexity index is 1960. The molecule has 0 saturated carbocycles. The Morgan fingerprint density at radius 1 is 0.630 bits per heavy atom. The van der Waals surface area contributed by atoms with Crippen LogP contribution in [-0.2, 0) is 25.9 Å². The molecular formula is C38H37N5O3. The Morgan fingerprint density at radius 3 is 1.76 bits per heavy atom. The van der Waals surface area contributed by atoms with Crippen molar-refractivity contribution in [3.63, 3.8) is 0 Å². The van der Waals surface area contributed by atoms with E-state index < -0.39 is 24.3 Å². The van der Waals surface area contributed by atoms with E-state index in [4.69, 9.17) is 5.73 Å². The van der Waals surface area contributed by atoms with Gasteiger partial charge >= 0.3 is 6.03 Å². The summed E-state index contributed by atoms with van der Waals surface area (Å²) in [6.45, 7) is 0.486. The highest BCUT2D eigenvalue weighted by Gasteiger charge is 2.46. The standard InChI is InChI=1S/C38H37N5O3/c39-37-31-20-28(16-18-32(31)40-41-37)24-43-34(22-26-11-5-2-6-12-26)36(45)35(44)33(21-25-9-3-1-4-10-25)42(38(43)46)23-27-15-17-29-13-7-8-14-30(29)19-27/h1-20,33-36,44-45H,21-24H2,(H3,39,40,41)/t33-,34-,35+,36+/m1/s1. The largest absolute Gasteiger partial charge is 0.388 e. The molecule has 0 unspecified atom stereocenters. The van der Waals surface area contributed by atoms with E-state index in [9.17, 15) is 15.0 Å². The predicted octanol–water partition coefficient (Wildman–Crippen LogP) is 5.68. The van der Waals surface area contributed by atoms with E-state index in [-0.39, 0.29) is 19.1 Å². The molecule has 232 valence electrons. The van der Waals surface area contributed by atoms with Crippen molar-refractivity contribution in [2.24, 2.45) is 0 Å². The highest BCUT2D eigenvalue weighted by Crippen LogP contribution is 2.31. The fraction of sp³-hybridized carbons (Fsp3) is 0.211. The van der Waals surface area contributed by atoms with Crippen molar-refractivity contribution in [1.29, 1.82) is 0 Å². The highest BCUT2D eigenvalue weighted by molar-refractivity contribution is 5.89. The van der Waals surface area contributed by atoms with Gasteiger partial charge in [-0.2, -0.15) is 5.10 Å². The summed E-state index contributed by atoms with van der Waals surface area (Å²) >= 11 is 0. The number of aromatic amines is 1. The third-order valence-corrected chi connectivity index (χ3v) is 9.18. The van der Waals surface area contributed by atoms with Gasteiger partial charge in [-0.3, -0.25) is 5.10 Å². The van der Waals surface area contributed by atoms with E-state index >= 15 is 0 Å². The van der Waals surface area contributed by atoms with Gasteiger partial charge in [0.25, 0.3) is 0 Å². The van der Waals surface area contributed by atoms with Crippen molar-refractivity contribution in [2.45, 2.75) is 50.2 Å². The van der Waals surface area contributed by atoms with Crippen LogP contribution < -0.4 is 5.73 Å². The highest BCUT2D eigenvalue weighted by atomic mass is 16.3. The van der Waals surface area contributed by atoms with Gasteiger partial charge in [-0.15, -0.1) is 0 Å². The zero-order valence-corrected chi connectivity index (χ0v) is 25.4. The van der Waals surface area contributed by atoms with Crippen LogP contribution in [0.4, 0.5) is 10.6 Å². The number of anilines is 1. The Balaban J connectivity index is 1.32. The van der Waals surface area contributed by atoms with Crippen molar-refractivity contribution in [3.8, 4) is 0 Å². The molecule has 1 aromatic heterocycles. The van der Waals surface area contributed by atoms with Gasteiger partial charge < -0.3 is 25.7 Å². The summed E-state index contributed by atoms with van der Waals surface area (Å²) < 4.78 is 0. The lowest BCUT2D eigenvalue weighted by atomic mass is 9.90. The van der Waals surface area contributed by atoms with Gasteiger partial charge in [-0.1, -0.05) is 103 Å². The molecule has 0 bridgehead atoms. The molecule has 2 heterocycles. The second-order valence-electron chi connectivity index (χ2n) is 12.2. The maximum absolute atomic E-state index is 15.0. The second-order valence-corrected chi connectivity index (χ2v) is 12.2. The fourth-order valence-electron chi connectivity index (χ4n) is 6.73. The molecule has 2 amide bonds. The zero-order chi connectivity index (χ0) is 31.6. The lowest BCUT2D eigenvalue weighted by molar-refractivity contribution is -0.0408. The molecule has 46 heavy (non-hydrogen) atoms. The fourth-order valence-corrected chi connectivity index (χ4v) is 6.73. The van der Waals surface area contributed by atoms with Crippen molar-refractivity contribution < 1.29 is 15.0 Å². The van der Waals surface area contributed by atoms with Crippen molar-refractivity contribution in [3.05, 3.63) is 144 Å². The summed E-state index contributed by atoms with van der Waals surface area (Å²) in [5.74, 6) is 0.385. The average molecular weight is 612 g/mol. The Labute approximate surface area is 267 Å². The number of urea groups is 1. The number of amides is 2. The van der Waals surface area contributed by atoms with E-state index in [0.29, 0.717) is 18.7 Å². The van der Waals surface area contributed by atoms with E-state index in [0.717, 1.165) is 43.9 Å². The first-order valence-electron chi connectivity index (χ1n) is 15.7. The smallest absolute Gasteiger partial charge is 0.321 e. The van der Waals surface area contributed by atoms with Gasteiger partial charge in [0.2, 0.25) is 0 Å². The number of H-pyrrole nitrogens is 1. The SMILES string of the molecule is Nc1n[nH]c2ccc(CN3C(=O)N(Cc4ccc5ccccc5c4)[C@H](Cc4ccccc4)[C@H](O)[C@@H](O)[C@H]3Cc3ccccc3)cc12. The normalized spacial score (nSPS) is 20.3. The van der Waals surface area contributed by atoms with Crippen molar-refractivity contribution >= 4 is 33.5 Å². The first-order chi connectivity index (χ1) is 22.4. The molecule has 1 saturated heterocycles. The van der Waals surface area contributed by atoms with E-state index in [2.05, 4.69) is 34.5 Å². The molecule has 4 atom stereocenters. The third kappa shape index (κ3) is 5.92. The quantitative estimate of drug-likeness (QED) is 0.177. The van der Waals surface area contributed by atoms with Gasteiger partial charge in [0.15, 0.2) is 5.82 Å². The predicted molar refractivity (Wildman–Crippen MR) is 181 cm³/mol. The number of rotatable bonds is 8. The number of nitrogens with zero attached hydrogens (tertiary/aromatic N) is 3. The summed E-state index contributed by atoms with van der Waals surface area (Å²) in [6.07, 6.45) is -1.64. The second kappa shape index (κ2) is 12.7. The molecule has 1 aliphatic rings. The Hall–Kier alpha value is -5.18. The Kier molecular flexibility index (Phi) is 8.13. The number of nitrogen functional groups attached to an aromatic ring is 1. The number of aliphatic hydroxyl groups is 2. The van der Waals surface area contributed by atoms with Gasteiger partial charge in [0, 0.05) is 18.5 Å². The zero-order valence-electron chi connectivity index (χ0n) is 25.4. The van der Waals surface area contributed by atoms with Crippen LogP contribution >= 0.6 is 0 Å². The number of nitrogens with two attached hydrogens (primary N) is 1. The lowest BCUT2D eigenvalue weighted by Crippen LogP contribution is -2.50. The first-order valence-corrected chi connectivity index (χ1v) is 15.7. The minimum absolute atomic E-state index is 0.215. The van der Waals surface area contributed by atoms with Crippen LogP contribution in [0.3, 0.4) is 0 Å². The van der Waals surface area contributed by atoms with Gasteiger partial charge in [0.1, 0.15) is 12.2 Å². The topological polar surface area (TPSA) is 119 Å². The summed E-state index contributed by atoms with van der Waals surface area (Å²) in [5, 5.41) is 34.0. The number of aliphatic hydroxyl groups excluding tert-OH is 2. The first kappa shape index (κ1) is 29.5. The maximum Gasteiger partial charge on any atom is 0.321 e. The molecular weight excluding hydrogens is 574 g/mol. The number of nitrogens with one attached hydrogen (secondary N) is 1. The number of benzene rings is 5. The lowest BCUT2D eigenvalue weighted by Gasteiger charge is -2.36. The summed E-state index contributed by atoms with van der Waals surface area (Å²) in [6, 6.07) is 38.1. The molecule has 1 fully saturated rings. The number of carbonyl (C=O) groups excluding carboxylic acids is 1. The van der Waals surface area contributed by atoms with Crippen LogP contribution in [0.15, 0.2) is 121 Å². The molecule has 8 nitrogen and oxygen atoms in total. The Morgan fingerprint density at radius 2 is 1.15 bits per heavy atom. The van der Waals surface area contributed by atoms with Crippen LogP contribution in [0.25, 0.3) is 21.7 Å². The summed E-state index contributed by atoms with van der Waals surface area (Å²) in [4.78, 5) is 18.5. The third-order valence-electron chi connectivity index (χ3n) is 9.18. The van der Waals surface area contributed by atoms with E-state index in [1.165, 1.54) is 0 Å². The molecule has 0 aliphatic carbocycles. The van der Waals surface area contributed by atoms with E-state index in [1.807, 2.05) is 97.1 Å². The molecule has 0 radical (unpaired) electrons. The van der Waals surface area contributed by atoms with Crippen LogP contribution in [-0.4, -0.2) is 60.5 Å². The molecule has 8 heteroatoms. The van der Waals surface area contributed by atoms with Gasteiger partial charge in [-0.05, 0) is 64.1 Å².